The number of aromatic nitrogens is 1. The Labute approximate surface area is 162 Å². The lowest BCUT2D eigenvalue weighted by molar-refractivity contribution is 0.101. The predicted octanol–water partition coefficient (Wildman–Crippen LogP) is 4.87. The number of benzene rings is 2. The van der Waals surface area contributed by atoms with Crippen LogP contribution < -0.4 is 14.8 Å². The molecule has 1 aromatic heterocycles. The van der Waals surface area contributed by atoms with Crippen molar-refractivity contribution in [3.8, 4) is 11.5 Å². The first-order valence-electron chi connectivity index (χ1n) is 8.44. The Hall–Kier alpha value is -2.99. The maximum atomic E-state index is 12.6. The molecule has 0 atom stereocenters. The molecule has 0 fully saturated rings. The fourth-order valence-electron chi connectivity index (χ4n) is 2.44. The second kappa shape index (κ2) is 8.60. The summed E-state index contributed by atoms with van der Waals surface area (Å²) in [4.78, 5) is 12.6. The molecule has 0 radical (unpaired) electrons. The van der Waals surface area contributed by atoms with E-state index < -0.39 is 0 Å². The van der Waals surface area contributed by atoms with Crippen molar-refractivity contribution in [3.05, 3.63) is 70.6 Å². The Kier molecular flexibility index (Phi) is 5.98. The lowest BCUT2D eigenvalue weighted by atomic mass is 10.2. The summed E-state index contributed by atoms with van der Waals surface area (Å²) >= 11 is 5.96. The number of nitrogens with zero attached hydrogens (tertiary/aromatic N) is 1. The number of carbonyl (C=O) groups excluding carboxylic acids is 1. The van der Waals surface area contributed by atoms with E-state index in [0.29, 0.717) is 34.4 Å². The van der Waals surface area contributed by atoms with Crippen LogP contribution in [-0.4, -0.2) is 17.7 Å². The molecule has 0 bridgehead atoms. The quantitative estimate of drug-likeness (QED) is 0.627. The third-order valence-electron chi connectivity index (χ3n) is 3.80. The monoisotopic (exact) mass is 386 g/mol. The van der Waals surface area contributed by atoms with Crippen LogP contribution in [0.15, 0.2) is 53.1 Å². The van der Waals surface area contributed by atoms with Gasteiger partial charge in [-0.15, -0.1) is 0 Å². The Morgan fingerprint density at radius 2 is 1.93 bits per heavy atom. The number of nitrogens with one attached hydrogen (secondary N) is 1. The highest BCUT2D eigenvalue weighted by Gasteiger charge is 2.20. The number of hydrogen-bond acceptors (Lipinski definition) is 5. The van der Waals surface area contributed by atoms with Crippen molar-refractivity contribution in [1.29, 1.82) is 0 Å². The van der Waals surface area contributed by atoms with Gasteiger partial charge in [-0.1, -0.05) is 22.8 Å². The first-order valence-corrected chi connectivity index (χ1v) is 8.82. The van der Waals surface area contributed by atoms with Gasteiger partial charge >= 0.3 is 0 Å². The van der Waals surface area contributed by atoms with E-state index in [1.807, 2.05) is 6.92 Å². The van der Waals surface area contributed by atoms with Gasteiger partial charge in [0.05, 0.1) is 12.2 Å². The maximum absolute atomic E-state index is 12.6. The largest absolute Gasteiger partial charge is 0.494 e. The van der Waals surface area contributed by atoms with Gasteiger partial charge in [-0.25, -0.2) is 0 Å². The van der Waals surface area contributed by atoms with Crippen LogP contribution in [0.5, 0.6) is 11.5 Å². The molecule has 140 valence electrons. The summed E-state index contributed by atoms with van der Waals surface area (Å²) in [6, 6.07) is 14.1. The molecule has 1 N–H and O–H groups in total. The summed E-state index contributed by atoms with van der Waals surface area (Å²) in [5.74, 6) is 1.49. The molecule has 3 aromatic rings. The van der Waals surface area contributed by atoms with Crippen LogP contribution in [0.3, 0.4) is 0 Å². The van der Waals surface area contributed by atoms with Crippen LogP contribution in [0.25, 0.3) is 0 Å². The predicted molar refractivity (Wildman–Crippen MR) is 103 cm³/mol. The number of carbonyl (C=O) groups is 1. The molecule has 0 saturated heterocycles. The SMILES string of the molecule is CCOc1ccc(NC(=O)c2noc(C)c2COc2cccc(Cl)c2)cc1. The van der Waals surface area contributed by atoms with Crippen molar-refractivity contribution in [1.82, 2.24) is 5.16 Å². The molecule has 6 nitrogen and oxygen atoms in total. The lowest BCUT2D eigenvalue weighted by Gasteiger charge is -2.08. The highest BCUT2D eigenvalue weighted by molar-refractivity contribution is 6.30. The van der Waals surface area contributed by atoms with Gasteiger partial charge in [0.25, 0.3) is 5.91 Å². The normalized spacial score (nSPS) is 10.5. The molecule has 27 heavy (non-hydrogen) atoms. The number of aryl methyl sites for hydroxylation is 1. The molecule has 7 heteroatoms. The molecule has 2 aromatic carbocycles. The highest BCUT2D eigenvalue weighted by Crippen LogP contribution is 2.22. The van der Waals surface area contributed by atoms with E-state index in [2.05, 4.69) is 10.5 Å². The van der Waals surface area contributed by atoms with Crippen molar-refractivity contribution < 1.29 is 18.8 Å². The Morgan fingerprint density at radius 1 is 1.15 bits per heavy atom. The van der Waals surface area contributed by atoms with Crippen molar-refractivity contribution in [3.63, 3.8) is 0 Å². The Morgan fingerprint density at radius 3 is 2.63 bits per heavy atom. The summed E-state index contributed by atoms with van der Waals surface area (Å²) in [6.07, 6.45) is 0. The average molecular weight is 387 g/mol. The summed E-state index contributed by atoms with van der Waals surface area (Å²) in [5.41, 5.74) is 1.40. The summed E-state index contributed by atoms with van der Waals surface area (Å²) in [7, 11) is 0. The zero-order valence-corrected chi connectivity index (χ0v) is 15.7. The van der Waals surface area contributed by atoms with E-state index in [4.69, 9.17) is 25.6 Å². The minimum absolute atomic E-state index is 0.141. The van der Waals surface area contributed by atoms with Crippen LogP contribution >= 0.6 is 11.6 Å². The Balaban J connectivity index is 1.70. The van der Waals surface area contributed by atoms with Crippen LogP contribution in [0, 0.1) is 6.92 Å². The number of anilines is 1. The van der Waals surface area contributed by atoms with Crippen LogP contribution in [0.1, 0.15) is 28.7 Å². The standard InChI is InChI=1S/C20H19ClN2O4/c1-3-25-16-9-7-15(8-10-16)22-20(24)19-18(13(2)27-23-19)12-26-17-6-4-5-14(21)11-17/h4-11H,3,12H2,1-2H3,(H,22,24). The molecule has 0 aliphatic rings. The fourth-order valence-corrected chi connectivity index (χ4v) is 2.62. The molecule has 1 amide bonds. The van der Waals surface area contributed by atoms with Crippen molar-refractivity contribution in [2.75, 3.05) is 11.9 Å². The lowest BCUT2D eigenvalue weighted by Crippen LogP contribution is -2.15. The maximum Gasteiger partial charge on any atom is 0.278 e. The third kappa shape index (κ3) is 4.80. The first kappa shape index (κ1) is 18.8. The molecule has 1 heterocycles. The van der Waals surface area contributed by atoms with Gasteiger partial charge in [0, 0.05) is 10.7 Å². The van der Waals surface area contributed by atoms with E-state index in [9.17, 15) is 4.79 Å². The van der Waals surface area contributed by atoms with Gasteiger partial charge in [0.15, 0.2) is 5.69 Å². The molecular formula is C20H19ClN2O4. The van der Waals surface area contributed by atoms with E-state index in [-0.39, 0.29) is 18.2 Å². The van der Waals surface area contributed by atoms with Gasteiger partial charge in [-0.2, -0.15) is 0 Å². The van der Waals surface area contributed by atoms with Crippen LogP contribution in [0.2, 0.25) is 5.02 Å². The summed E-state index contributed by atoms with van der Waals surface area (Å²) in [6.45, 7) is 4.37. The molecule has 0 unspecified atom stereocenters. The summed E-state index contributed by atoms with van der Waals surface area (Å²) < 4.78 is 16.3. The van der Waals surface area contributed by atoms with Gasteiger partial charge in [0.2, 0.25) is 0 Å². The number of halogens is 1. The van der Waals surface area contributed by atoms with Gasteiger partial charge in [-0.05, 0) is 56.3 Å². The number of hydrogen-bond donors (Lipinski definition) is 1. The minimum Gasteiger partial charge on any atom is -0.494 e. The van der Waals surface area contributed by atoms with Gasteiger partial charge in [0.1, 0.15) is 23.9 Å². The smallest absolute Gasteiger partial charge is 0.278 e. The number of amides is 1. The van der Waals surface area contributed by atoms with E-state index in [0.717, 1.165) is 5.75 Å². The molecular weight excluding hydrogens is 368 g/mol. The third-order valence-corrected chi connectivity index (χ3v) is 4.04. The topological polar surface area (TPSA) is 73.6 Å². The number of rotatable bonds is 7. The zero-order chi connectivity index (χ0) is 19.2. The van der Waals surface area contributed by atoms with Crippen molar-refractivity contribution in [2.24, 2.45) is 0 Å². The van der Waals surface area contributed by atoms with E-state index in [1.165, 1.54) is 0 Å². The highest BCUT2D eigenvalue weighted by atomic mass is 35.5. The summed E-state index contributed by atoms with van der Waals surface area (Å²) in [5, 5.41) is 7.24. The second-order valence-corrected chi connectivity index (χ2v) is 6.16. The molecule has 0 aliphatic heterocycles. The number of ether oxygens (including phenoxy) is 2. The molecule has 0 spiro atoms. The fraction of sp³-hybridized carbons (Fsp3) is 0.200. The average Bonchev–Trinajstić information content (AvgIpc) is 3.02. The molecule has 3 rings (SSSR count). The first-order chi connectivity index (χ1) is 13.1. The van der Waals surface area contributed by atoms with Crippen molar-refractivity contribution in [2.45, 2.75) is 20.5 Å². The van der Waals surface area contributed by atoms with E-state index >= 15 is 0 Å². The van der Waals surface area contributed by atoms with Gasteiger partial charge < -0.3 is 19.3 Å². The van der Waals surface area contributed by atoms with Gasteiger partial charge in [-0.3, -0.25) is 4.79 Å². The van der Waals surface area contributed by atoms with Crippen LogP contribution in [-0.2, 0) is 6.61 Å². The molecule has 0 aliphatic carbocycles. The molecule has 0 saturated carbocycles. The minimum atomic E-state index is -0.374. The van der Waals surface area contributed by atoms with E-state index in [1.54, 1.807) is 55.5 Å². The Bertz CT molecular complexity index is 922. The second-order valence-electron chi connectivity index (χ2n) is 5.72. The van der Waals surface area contributed by atoms with Crippen LogP contribution in [0.4, 0.5) is 5.69 Å². The van der Waals surface area contributed by atoms with Crippen molar-refractivity contribution >= 4 is 23.2 Å². The zero-order valence-electron chi connectivity index (χ0n) is 15.0.